The zero-order valence-electron chi connectivity index (χ0n) is 14.7. The Balaban J connectivity index is 0.00000243. The van der Waals surface area contributed by atoms with Crippen LogP contribution in [0.1, 0.15) is 15.9 Å². The highest BCUT2D eigenvalue weighted by molar-refractivity contribution is 5.94. The predicted octanol–water partition coefficient (Wildman–Crippen LogP) is 3.03. The number of rotatable bonds is 6. The van der Waals surface area contributed by atoms with Gasteiger partial charge in [0, 0.05) is 50.7 Å². The lowest BCUT2D eigenvalue weighted by molar-refractivity contribution is 0.0628. The topological polar surface area (TPSA) is 45.7 Å². The number of nitrogens with zero attached hydrogens (tertiary/aromatic N) is 3. The molecule has 0 atom stereocenters. The molecule has 6 heteroatoms. The van der Waals surface area contributed by atoms with Crippen molar-refractivity contribution < 1.29 is 9.53 Å². The lowest BCUT2D eigenvalue weighted by Crippen LogP contribution is -2.48. The largest absolute Gasteiger partial charge is 0.490 e. The number of carbonyl (C=O) groups excluding carboxylic acids is 1. The molecule has 2 aromatic rings. The number of halogens is 1. The average molecular weight is 374 g/mol. The van der Waals surface area contributed by atoms with E-state index in [2.05, 4.69) is 16.5 Å². The third kappa shape index (κ3) is 5.31. The molecule has 1 aromatic carbocycles. The summed E-state index contributed by atoms with van der Waals surface area (Å²) in [5, 5.41) is 0. The van der Waals surface area contributed by atoms with Crippen molar-refractivity contribution in [2.24, 2.45) is 0 Å². The van der Waals surface area contributed by atoms with Gasteiger partial charge in [0.15, 0.2) is 0 Å². The van der Waals surface area contributed by atoms with Gasteiger partial charge in [-0.25, -0.2) is 0 Å². The zero-order valence-corrected chi connectivity index (χ0v) is 15.5. The summed E-state index contributed by atoms with van der Waals surface area (Å²) in [7, 11) is 0. The molecule has 1 aliphatic rings. The normalized spacial score (nSPS) is 14.4. The minimum atomic E-state index is 0. The number of benzene rings is 1. The van der Waals surface area contributed by atoms with Crippen LogP contribution in [0.25, 0.3) is 0 Å². The van der Waals surface area contributed by atoms with E-state index in [4.69, 9.17) is 4.74 Å². The second kappa shape index (κ2) is 9.94. The lowest BCUT2D eigenvalue weighted by Gasteiger charge is -2.34. The van der Waals surface area contributed by atoms with Gasteiger partial charge in [0.05, 0.1) is 0 Å². The summed E-state index contributed by atoms with van der Waals surface area (Å²) >= 11 is 0. The van der Waals surface area contributed by atoms with E-state index in [1.54, 1.807) is 6.08 Å². The van der Waals surface area contributed by atoms with Crippen molar-refractivity contribution in [3.63, 3.8) is 0 Å². The Morgan fingerprint density at radius 1 is 1.08 bits per heavy atom. The number of ether oxygens (including phenoxy) is 1. The third-order valence-electron chi connectivity index (χ3n) is 4.28. The van der Waals surface area contributed by atoms with Gasteiger partial charge >= 0.3 is 0 Å². The number of aromatic nitrogens is 1. The van der Waals surface area contributed by atoms with E-state index in [1.807, 2.05) is 53.7 Å². The molecular formula is C20H24ClN3O2. The highest BCUT2D eigenvalue weighted by Gasteiger charge is 2.22. The third-order valence-corrected chi connectivity index (χ3v) is 4.28. The molecule has 2 heterocycles. The average Bonchev–Trinajstić information content (AvgIpc) is 2.68. The lowest BCUT2D eigenvalue weighted by atomic mass is 10.1. The molecule has 0 unspecified atom stereocenters. The first-order chi connectivity index (χ1) is 12.3. The summed E-state index contributed by atoms with van der Waals surface area (Å²) in [4.78, 5) is 21.0. The second-order valence-corrected chi connectivity index (χ2v) is 6.05. The van der Waals surface area contributed by atoms with Crippen molar-refractivity contribution in [2.45, 2.75) is 6.54 Å². The number of hydrogen-bond donors (Lipinski definition) is 0. The minimum absolute atomic E-state index is 0. The van der Waals surface area contributed by atoms with E-state index >= 15 is 0 Å². The molecule has 1 fully saturated rings. The van der Waals surface area contributed by atoms with Crippen LogP contribution in [0, 0.1) is 0 Å². The van der Waals surface area contributed by atoms with E-state index in [-0.39, 0.29) is 18.3 Å². The SMILES string of the molecule is C=CCOc1ccc(C(=O)N2CCN(Cc3ccncc3)CC2)cc1.Cl. The van der Waals surface area contributed by atoms with Gasteiger partial charge in [-0.15, -0.1) is 12.4 Å². The van der Waals surface area contributed by atoms with Crippen LogP contribution in [-0.4, -0.2) is 53.5 Å². The minimum Gasteiger partial charge on any atom is -0.490 e. The van der Waals surface area contributed by atoms with Crippen molar-refractivity contribution in [3.8, 4) is 5.75 Å². The fourth-order valence-corrected chi connectivity index (χ4v) is 2.89. The Morgan fingerprint density at radius 2 is 1.73 bits per heavy atom. The maximum atomic E-state index is 12.6. The highest BCUT2D eigenvalue weighted by Crippen LogP contribution is 2.15. The summed E-state index contributed by atoms with van der Waals surface area (Å²) < 4.78 is 5.45. The van der Waals surface area contributed by atoms with E-state index in [1.165, 1.54) is 5.56 Å². The van der Waals surface area contributed by atoms with E-state index < -0.39 is 0 Å². The van der Waals surface area contributed by atoms with Gasteiger partial charge < -0.3 is 9.64 Å². The molecule has 0 N–H and O–H groups in total. The molecule has 1 aromatic heterocycles. The van der Waals surface area contributed by atoms with Gasteiger partial charge in [0.1, 0.15) is 12.4 Å². The first-order valence-electron chi connectivity index (χ1n) is 8.50. The van der Waals surface area contributed by atoms with Gasteiger partial charge in [0.2, 0.25) is 0 Å². The van der Waals surface area contributed by atoms with Crippen molar-refractivity contribution in [3.05, 3.63) is 72.6 Å². The molecule has 0 spiro atoms. The summed E-state index contributed by atoms with van der Waals surface area (Å²) in [5.74, 6) is 0.831. The van der Waals surface area contributed by atoms with Crippen LogP contribution in [-0.2, 0) is 6.54 Å². The summed E-state index contributed by atoms with van der Waals surface area (Å²) in [6.07, 6.45) is 5.33. The standard InChI is InChI=1S/C20H23N3O2.ClH/c1-2-15-25-19-5-3-18(4-6-19)20(24)23-13-11-22(12-14-23)16-17-7-9-21-10-8-17;/h2-10H,1,11-16H2;1H. The van der Waals surface area contributed by atoms with Crippen LogP contribution in [0.15, 0.2) is 61.4 Å². The van der Waals surface area contributed by atoms with E-state index in [0.29, 0.717) is 12.2 Å². The van der Waals surface area contributed by atoms with Gasteiger partial charge in [-0.2, -0.15) is 0 Å². The molecule has 3 rings (SSSR count). The van der Waals surface area contributed by atoms with Crippen molar-refractivity contribution in [1.29, 1.82) is 0 Å². The van der Waals surface area contributed by atoms with Crippen LogP contribution in [0.3, 0.4) is 0 Å². The predicted molar refractivity (Wildman–Crippen MR) is 105 cm³/mol. The first-order valence-corrected chi connectivity index (χ1v) is 8.50. The van der Waals surface area contributed by atoms with Crippen molar-refractivity contribution >= 4 is 18.3 Å². The number of hydrogen-bond acceptors (Lipinski definition) is 4. The molecule has 1 amide bonds. The van der Waals surface area contributed by atoms with Gasteiger partial charge in [-0.1, -0.05) is 12.7 Å². The van der Waals surface area contributed by atoms with Crippen molar-refractivity contribution in [1.82, 2.24) is 14.8 Å². The molecule has 5 nitrogen and oxygen atoms in total. The van der Waals surface area contributed by atoms with Crippen LogP contribution in [0.2, 0.25) is 0 Å². The Kier molecular flexibility index (Phi) is 7.63. The van der Waals surface area contributed by atoms with Gasteiger partial charge in [0.25, 0.3) is 5.91 Å². The highest BCUT2D eigenvalue weighted by atomic mass is 35.5. The van der Waals surface area contributed by atoms with Crippen LogP contribution < -0.4 is 4.74 Å². The number of amides is 1. The monoisotopic (exact) mass is 373 g/mol. The molecule has 0 bridgehead atoms. The maximum Gasteiger partial charge on any atom is 0.253 e. The van der Waals surface area contributed by atoms with Gasteiger partial charge in [-0.05, 0) is 42.0 Å². The molecular weight excluding hydrogens is 350 g/mol. The quantitative estimate of drug-likeness (QED) is 0.730. The molecule has 0 radical (unpaired) electrons. The molecule has 1 saturated heterocycles. The fourth-order valence-electron chi connectivity index (χ4n) is 2.89. The zero-order chi connectivity index (χ0) is 17.5. The number of carbonyl (C=O) groups is 1. The fraction of sp³-hybridized carbons (Fsp3) is 0.300. The van der Waals surface area contributed by atoms with Crippen LogP contribution >= 0.6 is 12.4 Å². The molecule has 138 valence electrons. The number of pyridine rings is 1. The van der Waals surface area contributed by atoms with Crippen LogP contribution in [0.5, 0.6) is 5.75 Å². The summed E-state index contributed by atoms with van der Waals surface area (Å²) in [6, 6.07) is 11.4. The van der Waals surface area contributed by atoms with Gasteiger partial charge in [-0.3, -0.25) is 14.7 Å². The molecule has 26 heavy (non-hydrogen) atoms. The Morgan fingerprint density at radius 3 is 2.35 bits per heavy atom. The second-order valence-electron chi connectivity index (χ2n) is 6.05. The van der Waals surface area contributed by atoms with Crippen molar-refractivity contribution in [2.75, 3.05) is 32.8 Å². The number of piperazine rings is 1. The smallest absolute Gasteiger partial charge is 0.253 e. The summed E-state index contributed by atoms with van der Waals surface area (Å²) in [5.41, 5.74) is 1.96. The molecule has 1 aliphatic heterocycles. The molecule has 0 saturated carbocycles. The first kappa shape index (κ1) is 19.9. The maximum absolute atomic E-state index is 12.6. The Hall–Kier alpha value is -2.37. The molecule has 0 aliphatic carbocycles. The Labute approximate surface area is 160 Å². The Bertz CT molecular complexity index is 699. The van der Waals surface area contributed by atoms with Crippen LogP contribution in [0.4, 0.5) is 0 Å². The van der Waals surface area contributed by atoms with E-state index in [9.17, 15) is 4.79 Å². The van der Waals surface area contributed by atoms with E-state index in [0.717, 1.165) is 38.5 Å². The summed E-state index contributed by atoms with van der Waals surface area (Å²) in [6.45, 7) is 8.25.